The maximum Gasteiger partial charge on any atom is 0.241 e. The first-order valence-electron chi connectivity index (χ1n) is 8.74. The van der Waals surface area contributed by atoms with Crippen molar-refractivity contribution in [1.82, 2.24) is 9.88 Å². The van der Waals surface area contributed by atoms with Gasteiger partial charge >= 0.3 is 0 Å². The molecule has 0 saturated carbocycles. The Morgan fingerprint density at radius 1 is 1.08 bits per heavy atom. The second-order valence-electron chi connectivity index (χ2n) is 6.48. The molecule has 25 heavy (non-hydrogen) atoms. The van der Waals surface area contributed by atoms with Gasteiger partial charge in [-0.15, -0.1) is 0 Å². The van der Waals surface area contributed by atoms with Gasteiger partial charge in [0.2, 0.25) is 5.91 Å². The van der Waals surface area contributed by atoms with Crippen LogP contribution in [0.15, 0.2) is 66.9 Å². The number of likely N-dealkylation sites (tertiary alicyclic amines) is 1. The smallest absolute Gasteiger partial charge is 0.241 e. The highest BCUT2D eigenvalue weighted by Gasteiger charge is 2.30. The zero-order valence-electron chi connectivity index (χ0n) is 14.1. The summed E-state index contributed by atoms with van der Waals surface area (Å²) in [6, 6.07) is 20.0. The van der Waals surface area contributed by atoms with Crippen molar-refractivity contribution >= 4 is 22.5 Å². The molecule has 2 aromatic carbocycles. The fourth-order valence-corrected chi connectivity index (χ4v) is 3.56. The predicted octanol–water partition coefficient (Wildman–Crippen LogP) is 3.84. The summed E-state index contributed by atoms with van der Waals surface area (Å²) in [6.45, 7) is 1.78. The SMILES string of the molecule is O=C(Nc1cccc2ncccc12)[C@@H]1CCCN1Cc1ccccc1. The van der Waals surface area contributed by atoms with Crippen LogP contribution in [-0.2, 0) is 11.3 Å². The quantitative estimate of drug-likeness (QED) is 0.790. The number of aromatic nitrogens is 1. The highest BCUT2D eigenvalue weighted by molar-refractivity contribution is 6.02. The lowest BCUT2D eigenvalue weighted by atomic mass is 10.1. The van der Waals surface area contributed by atoms with Crippen LogP contribution < -0.4 is 5.32 Å². The third kappa shape index (κ3) is 3.39. The van der Waals surface area contributed by atoms with Crippen molar-refractivity contribution in [2.24, 2.45) is 0 Å². The number of nitrogens with one attached hydrogen (secondary N) is 1. The monoisotopic (exact) mass is 331 g/mol. The van der Waals surface area contributed by atoms with Crippen LogP contribution in [0.3, 0.4) is 0 Å². The van der Waals surface area contributed by atoms with Gasteiger partial charge < -0.3 is 5.32 Å². The molecule has 1 aliphatic heterocycles. The van der Waals surface area contributed by atoms with Crippen molar-refractivity contribution in [1.29, 1.82) is 0 Å². The number of rotatable bonds is 4. The largest absolute Gasteiger partial charge is 0.324 e. The number of carbonyl (C=O) groups excluding carboxylic acids is 1. The van der Waals surface area contributed by atoms with E-state index >= 15 is 0 Å². The van der Waals surface area contributed by atoms with Crippen molar-refractivity contribution in [3.63, 3.8) is 0 Å². The molecule has 0 bridgehead atoms. The van der Waals surface area contributed by atoms with Gasteiger partial charge in [-0.05, 0) is 49.2 Å². The molecule has 0 unspecified atom stereocenters. The summed E-state index contributed by atoms with van der Waals surface area (Å²) in [5, 5.41) is 4.10. The molecule has 4 heteroatoms. The number of fused-ring (bicyclic) bond motifs is 1. The van der Waals surface area contributed by atoms with E-state index in [1.54, 1.807) is 6.20 Å². The Morgan fingerprint density at radius 3 is 2.84 bits per heavy atom. The van der Waals surface area contributed by atoms with E-state index in [-0.39, 0.29) is 11.9 Å². The van der Waals surface area contributed by atoms with Crippen LogP contribution in [0.1, 0.15) is 18.4 Å². The molecule has 1 N–H and O–H groups in total. The summed E-state index contributed by atoms with van der Waals surface area (Å²) in [7, 11) is 0. The molecule has 0 radical (unpaired) electrons. The zero-order chi connectivity index (χ0) is 17.1. The van der Waals surface area contributed by atoms with Crippen LogP contribution in [0.4, 0.5) is 5.69 Å². The van der Waals surface area contributed by atoms with Gasteiger partial charge in [0.25, 0.3) is 0 Å². The Kier molecular flexibility index (Phi) is 4.44. The van der Waals surface area contributed by atoms with Crippen molar-refractivity contribution in [3.8, 4) is 0 Å². The second-order valence-corrected chi connectivity index (χ2v) is 6.48. The van der Waals surface area contributed by atoms with Crippen LogP contribution in [0.5, 0.6) is 0 Å². The molecule has 4 nitrogen and oxygen atoms in total. The van der Waals surface area contributed by atoms with Gasteiger partial charge in [0.15, 0.2) is 0 Å². The average Bonchev–Trinajstić information content (AvgIpc) is 3.11. The van der Waals surface area contributed by atoms with E-state index in [0.29, 0.717) is 0 Å². The van der Waals surface area contributed by atoms with E-state index in [9.17, 15) is 4.79 Å². The first-order chi connectivity index (χ1) is 12.3. The van der Waals surface area contributed by atoms with E-state index in [1.165, 1.54) is 5.56 Å². The number of carbonyl (C=O) groups is 1. The molecule has 0 spiro atoms. The summed E-state index contributed by atoms with van der Waals surface area (Å²) in [6.07, 6.45) is 3.73. The van der Waals surface area contributed by atoms with Gasteiger partial charge in [0.05, 0.1) is 17.2 Å². The summed E-state index contributed by atoms with van der Waals surface area (Å²) in [5.41, 5.74) is 2.98. The number of benzene rings is 2. The zero-order valence-corrected chi connectivity index (χ0v) is 14.1. The average molecular weight is 331 g/mol. The van der Waals surface area contributed by atoms with Gasteiger partial charge in [-0.3, -0.25) is 14.7 Å². The number of anilines is 1. The van der Waals surface area contributed by atoms with Gasteiger partial charge in [-0.1, -0.05) is 36.4 Å². The molecule has 2 heterocycles. The van der Waals surface area contributed by atoms with E-state index in [0.717, 1.165) is 42.5 Å². The highest BCUT2D eigenvalue weighted by Crippen LogP contribution is 2.25. The van der Waals surface area contributed by atoms with Crippen LogP contribution in [0, 0.1) is 0 Å². The molecule has 1 amide bonds. The Labute approximate surface area is 147 Å². The van der Waals surface area contributed by atoms with Crippen molar-refractivity contribution in [2.75, 3.05) is 11.9 Å². The molecule has 1 aliphatic rings. The van der Waals surface area contributed by atoms with Crippen LogP contribution in [0.25, 0.3) is 10.9 Å². The van der Waals surface area contributed by atoms with Crippen LogP contribution >= 0.6 is 0 Å². The molecule has 126 valence electrons. The number of hydrogen-bond acceptors (Lipinski definition) is 3. The molecule has 4 rings (SSSR count). The minimum absolute atomic E-state index is 0.0739. The fraction of sp³-hybridized carbons (Fsp3) is 0.238. The maximum atomic E-state index is 12.9. The molecular weight excluding hydrogens is 310 g/mol. The number of nitrogens with zero attached hydrogens (tertiary/aromatic N) is 2. The second kappa shape index (κ2) is 7.03. The van der Waals surface area contributed by atoms with Gasteiger partial charge in [-0.2, -0.15) is 0 Å². The van der Waals surface area contributed by atoms with Crippen molar-refractivity contribution in [3.05, 3.63) is 72.4 Å². The van der Waals surface area contributed by atoms with Crippen LogP contribution in [0.2, 0.25) is 0 Å². The molecule has 1 saturated heterocycles. The topological polar surface area (TPSA) is 45.2 Å². The standard InChI is InChI=1S/C21H21N3O/c25-21(23-19-11-4-10-18-17(19)9-5-13-22-18)20-12-6-14-24(20)15-16-7-2-1-3-8-16/h1-5,7-11,13,20H,6,12,14-15H2,(H,23,25)/t20-/m0/s1. The number of pyridine rings is 1. The maximum absolute atomic E-state index is 12.9. The van der Waals surface area contributed by atoms with E-state index in [1.807, 2.05) is 48.5 Å². The number of hydrogen-bond donors (Lipinski definition) is 1. The van der Waals surface area contributed by atoms with Gasteiger partial charge in [0.1, 0.15) is 0 Å². The minimum atomic E-state index is -0.0767. The third-order valence-corrected chi connectivity index (χ3v) is 4.80. The summed E-state index contributed by atoms with van der Waals surface area (Å²) < 4.78 is 0. The Hall–Kier alpha value is -2.72. The summed E-state index contributed by atoms with van der Waals surface area (Å²) in [5.74, 6) is 0.0739. The minimum Gasteiger partial charge on any atom is -0.324 e. The highest BCUT2D eigenvalue weighted by atomic mass is 16.2. The molecule has 3 aromatic rings. The van der Waals surface area contributed by atoms with Crippen molar-refractivity contribution in [2.45, 2.75) is 25.4 Å². The Bertz CT molecular complexity index is 873. The molecule has 0 aliphatic carbocycles. The fourth-order valence-electron chi connectivity index (χ4n) is 3.56. The first kappa shape index (κ1) is 15.8. The molecule has 1 aromatic heterocycles. The Morgan fingerprint density at radius 2 is 1.96 bits per heavy atom. The summed E-state index contributed by atoms with van der Waals surface area (Å²) >= 11 is 0. The lowest BCUT2D eigenvalue weighted by Crippen LogP contribution is -2.39. The summed E-state index contributed by atoms with van der Waals surface area (Å²) in [4.78, 5) is 19.5. The van der Waals surface area contributed by atoms with Gasteiger partial charge in [0, 0.05) is 18.1 Å². The third-order valence-electron chi connectivity index (χ3n) is 4.80. The Balaban J connectivity index is 1.51. The van der Waals surface area contributed by atoms with Gasteiger partial charge in [-0.25, -0.2) is 0 Å². The lowest BCUT2D eigenvalue weighted by Gasteiger charge is -2.24. The van der Waals surface area contributed by atoms with E-state index in [4.69, 9.17) is 0 Å². The van der Waals surface area contributed by atoms with Crippen molar-refractivity contribution < 1.29 is 4.79 Å². The molecular formula is C21H21N3O. The van der Waals surface area contributed by atoms with Crippen LogP contribution in [-0.4, -0.2) is 28.4 Å². The molecule has 1 fully saturated rings. The van der Waals surface area contributed by atoms with E-state index < -0.39 is 0 Å². The first-order valence-corrected chi connectivity index (χ1v) is 8.74. The van der Waals surface area contributed by atoms with E-state index in [2.05, 4.69) is 27.3 Å². The predicted molar refractivity (Wildman–Crippen MR) is 100 cm³/mol. The molecule has 1 atom stereocenters. The normalized spacial score (nSPS) is 17.7. The number of amides is 1. The lowest BCUT2D eigenvalue weighted by molar-refractivity contribution is -0.120.